The van der Waals surface area contributed by atoms with E-state index in [0.717, 1.165) is 11.3 Å². The van der Waals surface area contributed by atoms with Gasteiger partial charge in [0.1, 0.15) is 5.70 Å². The number of anilines is 1. The van der Waals surface area contributed by atoms with Crippen LogP contribution >= 0.6 is 23.1 Å². The van der Waals surface area contributed by atoms with Gasteiger partial charge in [-0.15, -0.1) is 28.0 Å². The second-order valence-corrected chi connectivity index (χ2v) is 7.68. The summed E-state index contributed by atoms with van der Waals surface area (Å²) in [5.41, 5.74) is 6.03. The minimum Gasteiger partial charge on any atom is -0.477 e. The Morgan fingerprint density at radius 2 is 2.31 bits per heavy atom. The number of ketones is 1. The Hall–Kier alpha value is -2.53. The number of allylic oxidation sites excluding steroid dienone is 1. The van der Waals surface area contributed by atoms with Crippen molar-refractivity contribution in [1.29, 1.82) is 0 Å². The Kier molecular flexibility index (Phi) is 4.92. The number of thioether (sulfide) groups is 1. The Labute approximate surface area is 155 Å². The summed E-state index contributed by atoms with van der Waals surface area (Å²) >= 11 is 2.44. The van der Waals surface area contributed by atoms with Gasteiger partial charge in [-0.3, -0.25) is 14.5 Å². The van der Waals surface area contributed by atoms with Gasteiger partial charge in [0.25, 0.3) is 0 Å². The van der Waals surface area contributed by atoms with E-state index in [4.69, 9.17) is 5.73 Å². The van der Waals surface area contributed by atoms with Gasteiger partial charge >= 0.3 is 5.97 Å². The summed E-state index contributed by atoms with van der Waals surface area (Å²) in [5, 5.41) is 13.4. The van der Waals surface area contributed by atoms with E-state index < -0.39 is 35.0 Å². The number of carbonyl (C=O) groups is 3. The van der Waals surface area contributed by atoms with Crippen molar-refractivity contribution in [3.05, 3.63) is 39.9 Å². The zero-order chi connectivity index (χ0) is 19.0. The first-order valence-electron chi connectivity index (χ1n) is 7.48. The summed E-state index contributed by atoms with van der Waals surface area (Å²) in [5.74, 6) is -2.54. The number of aliphatic carboxylic acids is 1. The van der Waals surface area contributed by atoms with Gasteiger partial charge in [0.05, 0.1) is 17.0 Å². The molecule has 1 fully saturated rings. The molecule has 3 rings (SSSR count). The van der Waals surface area contributed by atoms with Crippen LogP contribution in [-0.2, 0) is 14.4 Å². The molecule has 1 aromatic rings. The molecule has 3 unspecified atom stereocenters. The lowest BCUT2D eigenvalue weighted by atomic mass is 9.88. The largest absolute Gasteiger partial charge is 0.477 e. The Balaban J connectivity index is 1.77. The first-order chi connectivity index (χ1) is 12.4. The highest BCUT2D eigenvalue weighted by molar-refractivity contribution is 8.00. The van der Waals surface area contributed by atoms with E-state index in [2.05, 4.69) is 16.7 Å². The average Bonchev–Trinajstić information content (AvgIpc) is 3.04. The number of carbonyl (C=O) groups excluding carboxylic acids is 2. The number of Topliss-reactive ketones (excluding diaryl/α,β-unsaturated/α-hetero) is 1. The van der Waals surface area contributed by atoms with E-state index >= 15 is 0 Å². The molecule has 1 amide bonds. The highest BCUT2D eigenvalue weighted by Gasteiger charge is 2.54. The third kappa shape index (κ3) is 2.92. The van der Waals surface area contributed by atoms with Crippen molar-refractivity contribution in [3.8, 4) is 0 Å². The Morgan fingerprint density at radius 1 is 1.58 bits per heavy atom. The zero-order valence-electron chi connectivity index (χ0n) is 13.3. The smallest absolute Gasteiger partial charge is 0.352 e. The van der Waals surface area contributed by atoms with Crippen LogP contribution in [0.3, 0.4) is 0 Å². The van der Waals surface area contributed by atoms with Gasteiger partial charge < -0.3 is 10.8 Å². The number of hydrogen-bond donors (Lipinski definition) is 2. The number of fused-ring (bicyclic) bond motifs is 1. The highest BCUT2D eigenvalue weighted by Crippen LogP contribution is 2.45. The third-order valence-corrected chi connectivity index (χ3v) is 6.26. The first kappa shape index (κ1) is 18.3. The topological polar surface area (TPSA) is 143 Å². The zero-order valence-corrected chi connectivity index (χ0v) is 15.0. The second kappa shape index (κ2) is 7.00. The number of nitrogens with zero attached hydrogens (tertiary/aromatic N) is 3. The number of nitrogen functional groups attached to an aromatic ring is 1. The molecular formula is C15H14N4O5S2. The number of nitrogens with two attached hydrogens (primary N) is 1. The maximum absolute atomic E-state index is 12.4. The lowest BCUT2D eigenvalue weighted by Gasteiger charge is -2.49. The minimum absolute atomic E-state index is 0.102. The molecule has 11 heteroatoms. The van der Waals surface area contributed by atoms with Crippen molar-refractivity contribution in [3.63, 3.8) is 0 Å². The van der Waals surface area contributed by atoms with Crippen LogP contribution in [-0.4, -0.2) is 43.8 Å². The van der Waals surface area contributed by atoms with E-state index in [1.54, 1.807) is 0 Å². The van der Waals surface area contributed by atoms with Crippen LogP contribution in [0.4, 0.5) is 5.13 Å². The summed E-state index contributed by atoms with van der Waals surface area (Å²) < 4.78 is 0. The molecule has 136 valence electrons. The molecule has 26 heavy (non-hydrogen) atoms. The van der Waals surface area contributed by atoms with Crippen LogP contribution in [0.1, 0.15) is 18.2 Å². The van der Waals surface area contributed by atoms with Gasteiger partial charge in [-0.2, -0.15) is 0 Å². The number of aromatic nitrogens is 1. The van der Waals surface area contributed by atoms with Crippen molar-refractivity contribution in [2.75, 3.05) is 11.5 Å². The maximum Gasteiger partial charge on any atom is 0.352 e. The van der Waals surface area contributed by atoms with Gasteiger partial charge in [-0.25, -0.2) is 9.78 Å². The van der Waals surface area contributed by atoms with Gasteiger partial charge in [-0.05, 0) is 5.57 Å². The van der Waals surface area contributed by atoms with E-state index in [0.29, 0.717) is 11.3 Å². The van der Waals surface area contributed by atoms with Crippen molar-refractivity contribution in [1.82, 2.24) is 9.88 Å². The first-order valence-corrected chi connectivity index (χ1v) is 9.41. The molecule has 2 aliphatic rings. The number of carboxylic acid groups (broad SMARTS) is 1. The summed E-state index contributed by atoms with van der Waals surface area (Å²) in [6.07, 6.45) is 1.20. The predicted octanol–water partition coefficient (Wildman–Crippen LogP) is 1.55. The summed E-state index contributed by atoms with van der Waals surface area (Å²) in [6.45, 7) is 3.57. The molecule has 0 bridgehead atoms. The lowest BCUT2D eigenvalue weighted by Crippen LogP contribution is -2.61. The quantitative estimate of drug-likeness (QED) is 0.524. The van der Waals surface area contributed by atoms with Crippen LogP contribution in [0, 0.1) is 10.8 Å². The fourth-order valence-corrected chi connectivity index (χ4v) is 4.96. The molecule has 2 aliphatic heterocycles. The molecule has 0 spiro atoms. The van der Waals surface area contributed by atoms with Crippen molar-refractivity contribution >= 4 is 45.9 Å². The third-order valence-electron chi connectivity index (χ3n) is 4.21. The van der Waals surface area contributed by atoms with E-state index in [-0.39, 0.29) is 22.9 Å². The standard InChI is InChI=1S/C15H14N4O5S2/c1-2-6-4-25-13-7(12(21)19(13)11(6)14(22)23)3-9(20)10(18-24)8-5-26-15(16)17-8/h2,5,7,10,13H,1,3-4H2,(H2,16,17)(H,22,23). The molecular weight excluding hydrogens is 380 g/mol. The number of thiazole rings is 1. The number of hydrogen-bond acceptors (Lipinski definition) is 9. The van der Waals surface area contributed by atoms with Crippen molar-refractivity contribution in [2.24, 2.45) is 11.1 Å². The van der Waals surface area contributed by atoms with Gasteiger partial charge in [0, 0.05) is 17.6 Å². The molecule has 1 saturated heterocycles. The minimum atomic E-state index is -1.32. The lowest BCUT2D eigenvalue weighted by molar-refractivity contribution is -0.154. The molecule has 3 N–H and O–H groups in total. The molecule has 0 saturated carbocycles. The van der Waals surface area contributed by atoms with Crippen molar-refractivity contribution < 1.29 is 19.5 Å². The molecule has 0 radical (unpaired) electrons. The molecule has 9 nitrogen and oxygen atoms in total. The summed E-state index contributed by atoms with van der Waals surface area (Å²) in [4.78, 5) is 52.5. The SMILES string of the molecule is C=CC1=C(C(=O)O)N2C(=O)C(CC(=O)C(N=O)c3csc(N)n3)C2SC1. The molecule has 0 aliphatic carbocycles. The molecule has 1 aromatic heterocycles. The fraction of sp³-hybridized carbons (Fsp3) is 0.333. The summed E-state index contributed by atoms with van der Waals surface area (Å²) in [6, 6.07) is -1.32. The van der Waals surface area contributed by atoms with Gasteiger partial charge in [0.15, 0.2) is 17.0 Å². The second-order valence-electron chi connectivity index (χ2n) is 5.69. The Morgan fingerprint density at radius 3 is 2.85 bits per heavy atom. The number of carboxylic acids is 1. The van der Waals surface area contributed by atoms with Gasteiger partial charge in [-0.1, -0.05) is 17.8 Å². The van der Waals surface area contributed by atoms with Crippen LogP contribution in [0.2, 0.25) is 0 Å². The maximum atomic E-state index is 12.4. The normalized spacial score (nSPS) is 23.1. The molecule has 3 atom stereocenters. The van der Waals surface area contributed by atoms with E-state index in [9.17, 15) is 24.4 Å². The van der Waals surface area contributed by atoms with E-state index in [1.165, 1.54) is 28.1 Å². The van der Waals surface area contributed by atoms with E-state index in [1.807, 2.05) is 0 Å². The summed E-state index contributed by atoms with van der Waals surface area (Å²) in [7, 11) is 0. The predicted molar refractivity (Wildman–Crippen MR) is 96.1 cm³/mol. The highest BCUT2D eigenvalue weighted by atomic mass is 32.2. The van der Waals surface area contributed by atoms with Crippen LogP contribution < -0.4 is 5.73 Å². The molecule has 0 aromatic carbocycles. The number of nitroso groups, excluding NO2 is 1. The van der Waals surface area contributed by atoms with Crippen LogP contribution in [0.15, 0.2) is 34.5 Å². The van der Waals surface area contributed by atoms with Crippen molar-refractivity contribution in [2.45, 2.75) is 17.8 Å². The van der Waals surface area contributed by atoms with Crippen LogP contribution in [0.25, 0.3) is 0 Å². The van der Waals surface area contributed by atoms with Gasteiger partial charge in [0.2, 0.25) is 5.91 Å². The fourth-order valence-electron chi connectivity index (χ4n) is 2.97. The van der Waals surface area contributed by atoms with Crippen LogP contribution in [0.5, 0.6) is 0 Å². The molecule has 3 heterocycles. The monoisotopic (exact) mass is 394 g/mol. The number of amides is 1. The Bertz CT molecular complexity index is 849. The number of rotatable bonds is 7. The average molecular weight is 394 g/mol. The number of β-lactam (4-membered cyclic amide) rings is 1.